The Morgan fingerprint density at radius 3 is 2.50 bits per heavy atom. The molecule has 1 aliphatic rings. The molecule has 1 aromatic rings. The Labute approximate surface area is 132 Å². The van der Waals surface area contributed by atoms with Crippen molar-refractivity contribution in [2.75, 3.05) is 0 Å². The first-order chi connectivity index (χ1) is 10.0. The summed E-state index contributed by atoms with van der Waals surface area (Å²) in [6.45, 7) is 13.0. The third kappa shape index (κ3) is 3.43. The summed E-state index contributed by atoms with van der Waals surface area (Å²) in [4.78, 5) is 25.9. The molecule has 124 valence electrons. The number of hydrogen-bond donors (Lipinski definition) is 1. The van der Waals surface area contributed by atoms with Crippen LogP contribution in [0.4, 0.5) is 0 Å². The molecule has 1 fully saturated rings. The van der Waals surface area contributed by atoms with Gasteiger partial charge in [0.15, 0.2) is 8.32 Å². The summed E-state index contributed by atoms with van der Waals surface area (Å²) in [7, 11) is -1.78. The number of aromatic amines is 1. The first-order valence-electron chi connectivity index (χ1n) is 8.01. The van der Waals surface area contributed by atoms with Crippen LogP contribution < -0.4 is 11.2 Å². The van der Waals surface area contributed by atoms with Gasteiger partial charge in [0.25, 0.3) is 5.56 Å². The fourth-order valence-corrected chi connectivity index (χ4v) is 4.13. The summed E-state index contributed by atoms with van der Waals surface area (Å²) >= 11 is 0. The van der Waals surface area contributed by atoms with Gasteiger partial charge >= 0.3 is 5.69 Å². The van der Waals surface area contributed by atoms with E-state index in [1.54, 1.807) is 17.7 Å². The van der Waals surface area contributed by atoms with Crippen LogP contribution in [0, 0.1) is 6.92 Å². The molecule has 1 saturated carbocycles. The zero-order chi connectivity index (χ0) is 16.7. The lowest BCUT2D eigenvalue weighted by atomic mass is 10.2. The molecular formula is C16H28N2O3Si. The molecule has 0 amide bonds. The standard InChI is InChI=1S/C16H28N2O3Si/c1-11-10-18(15(20)17-14(11)19)12-7-8-13(9-12)21-22(5,6)16(2,3)4/h10,12-13H,7-9H2,1-6H3,(H,17,19,20)/t12-,13+/m0/s1. The van der Waals surface area contributed by atoms with E-state index in [4.69, 9.17) is 4.43 Å². The zero-order valence-corrected chi connectivity index (χ0v) is 15.5. The van der Waals surface area contributed by atoms with Crippen LogP contribution in [0.25, 0.3) is 0 Å². The van der Waals surface area contributed by atoms with Gasteiger partial charge in [-0.3, -0.25) is 14.3 Å². The molecular weight excluding hydrogens is 296 g/mol. The average Bonchev–Trinajstić information content (AvgIpc) is 2.80. The van der Waals surface area contributed by atoms with Gasteiger partial charge in [-0.15, -0.1) is 0 Å². The maximum Gasteiger partial charge on any atom is 0.328 e. The van der Waals surface area contributed by atoms with Gasteiger partial charge < -0.3 is 4.43 Å². The molecule has 0 aromatic carbocycles. The Hall–Kier alpha value is -1.14. The Bertz CT molecular complexity index is 655. The largest absolute Gasteiger partial charge is 0.414 e. The second kappa shape index (κ2) is 5.81. The van der Waals surface area contributed by atoms with Crippen molar-refractivity contribution in [3.63, 3.8) is 0 Å². The van der Waals surface area contributed by atoms with Gasteiger partial charge in [-0.1, -0.05) is 20.8 Å². The van der Waals surface area contributed by atoms with Crippen molar-refractivity contribution < 1.29 is 4.43 Å². The van der Waals surface area contributed by atoms with Gasteiger partial charge in [-0.25, -0.2) is 4.79 Å². The molecule has 6 heteroatoms. The SMILES string of the molecule is Cc1cn([C@H]2CC[C@@H](O[Si](C)(C)C(C)(C)C)C2)c(=O)[nH]c1=O. The summed E-state index contributed by atoms with van der Waals surface area (Å²) < 4.78 is 8.13. The second-order valence-electron chi connectivity index (χ2n) is 7.95. The maximum atomic E-state index is 12.0. The fourth-order valence-electron chi connectivity index (χ4n) is 2.73. The van der Waals surface area contributed by atoms with Crippen LogP contribution in [0.5, 0.6) is 0 Å². The molecule has 2 rings (SSSR count). The highest BCUT2D eigenvalue weighted by molar-refractivity contribution is 6.74. The van der Waals surface area contributed by atoms with Gasteiger partial charge in [0.1, 0.15) is 0 Å². The predicted molar refractivity (Wildman–Crippen MR) is 91.0 cm³/mol. The number of nitrogens with zero attached hydrogens (tertiary/aromatic N) is 1. The molecule has 1 heterocycles. The molecule has 0 spiro atoms. The number of H-pyrrole nitrogens is 1. The van der Waals surface area contributed by atoms with E-state index in [0.717, 1.165) is 19.3 Å². The van der Waals surface area contributed by atoms with E-state index in [9.17, 15) is 9.59 Å². The minimum absolute atomic E-state index is 0.123. The van der Waals surface area contributed by atoms with E-state index < -0.39 is 8.32 Å². The highest BCUT2D eigenvalue weighted by atomic mass is 28.4. The van der Waals surface area contributed by atoms with Crippen LogP contribution in [0.15, 0.2) is 15.8 Å². The van der Waals surface area contributed by atoms with Crippen LogP contribution in [0.2, 0.25) is 18.1 Å². The zero-order valence-electron chi connectivity index (χ0n) is 14.5. The van der Waals surface area contributed by atoms with Crippen LogP contribution in [0.1, 0.15) is 51.6 Å². The van der Waals surface area contributed by atoms with Gasteiger partial charge in [0.05, 0.1) is 0 Å². The van der Waals surface area contributed by atoms with Crippen LogP contribution in [-0.2, 0) is 4.43 Å². The summed E-state index contributed by atoms with van der Waals surface area (Å²) in [5.41, 5.74) is -0.0322. The van der Waals surface area contributed by atoms with Gasteiger partial charge in [0, 0.05) is 23.9 Å². The maximum absolute atomic E-state index is 12.0. The first-order valence-corrected chi connectivity index (χ1v) is 10.9. The molecule has 1 aromatic heterocycles. The molecule has 0 bridgehead atoms. The van der Waals surface area contributed by atoms with Crippen molar-refractivity contribution in [2.45, 2.75) is 77.2 Å². The Morgan fingerprint density at radius 2 is 1.91 bits per heavy atom. The van der Waals surface area contributed by atoms with Gasteiger partial charge in [0.2, 0.25) is 0 Å². The highest BCUT2D eigenvalue weighted by Crippen LogP contribution is 2.41. The minimum Gasteiger partial charge on any atom is -0.414 e. The molecule has 22 heavy (non-hydrogen) atoms. The summed E-state index contributed by atoms with van der Waals surface area (Å²) in [5.74, 6) is 0. The predicted octanol–water partition coefficient (Wildman–Crippen LogP) is 2.96. The molecule has 0 radical (unpaired) electrons. The van der Waals surface area contributed by atoms with Crippen molar-refractivity contribution in [1.82, 2.24) is 9.55 Å². The average molecular weight is 324 g/mol. The van der Waals surface area contributed by atoms with Crippen LogP contribution >= 0.6 is 0 Å². The monoisotopic (exact) mass is 324 g/mol. The van der Waals surface area contributed by atoms with E-state index in [2.05, 4.69) is 38.8 Å². The summed E-state index contributed by atoms with van der Waals surface area (Å²) in [6.07, 6.45) is 4.63. The topological polar surface area (TPSA) is 64.1 Å². The summed E-state index contributed by atoms with van der Waals surface area (Å²) in [5, 5.41) is 0.191. The van der Waals surface area contributed by atoms with Crippen molar-refractivity contribution in [3.8, 4) is 0 Å². The van der Waals surface area contributed by atoms with Crippen LogP contribution in [0.3, 0.4) is 0 Å². The van der Waals surface area contributed by atoms with E-state index in [1.807, 2.05) is 0 Å². The number of nitrogens with one attached hydrogen (secondary N) is 1. The van der Waals surface area contributed by atoms with E-state index in [-0.39, 0.29) is 28.4 Å². The molecule has 2 atom stereocenters. The number of hydrogen-bond acceptors (Lipinski definition) is 3. The third-order valence-electron chi connectivity index (χ3n) is 5.16. The smallest absolute Gasteiger partial charge is 0.328 e. The third-order valence-corrected chi connectivity index (χ3v) is 9.70. The molecule has 0 saturated heterocycles. The lowest BCUT2D eigenvalue weighted by Crippen LogP contribution is -2.43. The number of aromatic nitrogens is 2. The fraction of sp³-hybridized carbons (Fsp3) is 0.750. The molecule has 0 unspecified atom stereocenters. The van der Waals surface area contributed by atoms with Gasteiger partial charge in [-0.05, 0) is 44.3 Å². The van der Waals surface area contributed by atoms with E-state index in [0.29, 0.717) is 5.56 Å². The Morgan fingerprint density at radius 1 is 1.27 bits per heavy atom. The van der Waals surface area contributed by atoms with E-state index in [1.165, 1.54) is 0 Å². The number of aryl methyl sites for hydroxylation is 1. The van der Waals surface area contributed by atoms with Crippen molar-refractivity contribution in [3.05, 3.63) is 32.6 Å². The van der Waals surface area contributed by atoms with Crippen molar-refractivity contribution in [1.29, 1.82) is 0 Å². The highest BCUT2D eigenvalue weighted by Gasteiger charge is 2.41. The van der Waals surface area contributed by atoms with E-state index >= 15 is 0 Å². The summed E-state index contributed by atoms with van der Waals surface area (Å²) in [6, 6.07) is 0.123. The van der Waals surface area contributed by atoms with Crippen molar-refractivity contribution in [2.24, 2.45) is 0 Å². The van der Waals surface area contributed by atoms with Crippen molar-refractivity contribution >= 4 is 8.32 Å². The number of rotatable bonds is 3. The quantitative estimate of drug-likeness (QED) is 0.869. The molecule has 0 aliphatic heterocycles. The Kier molecular flexibility index (Phi) is 4.55. The van der Waals surface area contributed by atoms with Crippen LogP contribution in [-0.4, -0.2) is 24.0 Å². The minimum atomic E-state index is -1.78. The van der Waals surface area contributed by atoms with Gasteiger partial charge in [-0.2, -0.15) is 0 Å². The normalized spacial score (nSPS) is 23.0. The second-order valence-corrected chi connectivity index (χ2v) is 12.7. The first kappa shape index (κ1) is 17.2. The lowest BCUT2D eigenvalue weighted by Gasteiger charge is -2.38. The molecule has 5 nitrogen and oxygen atoms in total. The molecule has 1 N–H and O–H groups in total. The molecule has 1 aliphatic carbocycles. The lowest BCUT2D eigenvalue weighted by molar-refractivity contribution is 0.183. The Balaban J connectivity index is 2.13.